The van der Waals surface area contributed by atoms with Crippen LogP contribution in [-0.4, -0.2) is 45.6 Å². The smallest absolute Gasteiger partial charge is 0.328 e. The predicted octanol–water partition coefficient (Wildman–Crippen LogP) is 2.36. The predicted molar refractivity (Wildman–Crippen MR) is 89.5 cm³/mol. The van der Waals surface area contributed by atoms with Gasteiger partial charge in [-0.25, -0.2) is 9.59 Å². The summed E-state index contributed by atoms with van der Waals surface area (Å²) in [6.07, 6.45) is 13.8. The van der Waals surface area contributed by atoms with E-state index in [4.69, 9.17) is 10.2 Å². The van der Waals surface area contributed by atoms with E-state index in [0.717, 1.165) is 12.2 Å². The number of carbonyl (C=O) groups is 2. The van der Waals surface area contributed by atoms with Crippen molar-refractivity contribution in [3.8, 4) is 0 Å². The third kappa shape index (κ3) is 5.18. The number of hydrogen-bond acceptors (Lipinski definition) is 4. The van der Waals surface area contributed by atoms with Crippen LogP contribution < -0.4 is 0 Å². The van der Waals surface area contributed by atoms with E-state index in [9.17, 15) is 19.8 Å². The third-order valence-electron chi connectivity index (χ3n) is 5.14. The van der Waals surface area contributed by atoms with Gasteiger partial charge in [-0.15, -0.1) is 0 Å². The van der Waals surface area contributed by atoms with E-state index in [1.54, 1.807) is 0 Å². The third-order valence-corrected chi connectivity index (χ3v) is 5.14. The topological polar surface area (TPSA) is 115 Å². The summed E-state index contributed by atoms with van der Waals surface area (Å²) in [7, 11) is 0. The van der Waals surface area contributed by atoms with Gasteiger partial charge in [-0.3, -0.25) is 0 Å². The summed E-state index contributed by atoms with van der Waals surface area (Å²) < 4.78 is 0. The summed E-state index contributed by atoms with van der Waals surface area (Å²) in [5.74, 6) is -2.31. The quantitative estimate of drug-likeness (QED) is 0.552. The largest absolute Gasteiger partial charge is 0.478 e. The minimum Gasteiger partial charge on any atom is -0.478 e. The first-order valence-corrected chi connectivity index (χ1v) is 8.47. The Bertz CT molecular complexity index is 440. The SMILES string of the molecule is C1CCCC1.O=C(O)C=CC1(C=CC(=O)O)CCCC1(CO)CO. The van der Waals surface area contributed by atoms with Gasteiger partial charge >= 0.3 is 11.9 Å². The highest BCUT2D eigenvalue weighted by Crippen LogP contribution is 2.54. The Kier molecular flexibility index (Phi) is 8.15. The van der Waals surface area contributed by atoms with Gasteiger partial charge in [-0.05, 0) is 12.8 Å². The standard InChI is InChI=1S/C13H18O6.C5H10/c14-8-13(9-15)5-1-4-12(13,6-2-10(16)17)7-3-11(18)19;1-2-4-5-3-1/h2-3,6-7,14-15H,1,4-5,8-9H2,(H,16,17)(H,18,19);1-5H2. The second kappa shape index (κ2) is 9.59. The molecule has 0 atom stereocenters. The van der Waals surface area contributed by atoms with Crippen LogP contribution in [0.25, 0.3) is 0 Å². The lowest BCUT2D eigenvalue weighted by molar-refractivity contribution is -0.132. The first-order valence-electron chi connectivity index (χ1n) is 8.47. The van der Waals surface area contributed by atoms with Gasteiger partial charge in [0, 0.05) is 23.0 Å². The molecule has 0 aromatic rings. The molecule has 0 bridgehead atoms. The van der Waals surface area contributed by atoms with Crippen LogP contribution in [-0.2, 0) is 9.59 Å². The maximum atomic E-state index is 10.7. The summed E-state index contributed by atoms with van der Waals surface area (Å²) in [6, 6.07) is 0. The molecule has 0 aliphatic heterocycles. The first kappa shape index (κ1) is 20.4. The first-order chi connectivity index (χ1) is 11.4. The zero-order valence-corrected chi connectivity index (χ0v) is 14.0. The van der Waals surface area contributed by atoms with Crippen LogP contribution in [0, 0.1) is 10.8 Å². The number of aliphatic hydroxyl groups is 2. The average molecular weight is 340 g/mol. The Morgan fingerprint density at radius 3 is 1.50 bits per heavy atom. The number of carboxylic acids is 2. The fourth-order valence-electron chi connectivity index (χ4n) is 3.62. The highest BCUT2D eigenvalue weighted by Gasteiger charge is 2.51. The molecule has 6 heteroatoms. The number of aliphatic hydroxyl groups excluding tert-OH is 2. The van der Waals surface area contributed by atoms with Gasteiger partial charge < -0.3 is 20.4 Å². The average Bonchev–Trinajstić information content (AvgIpc) is 3.23. The van der Waals surface area contributed by atoms with E-state index in [2.05, 4.69) is 0 Å². The van der Waals surface area contributed by atoms with Crippen LogP contribution in [0.5, 0.6) is 0 Å². The van der Waals surface area contributed by atoms with Crippen molar-refractivity contribution in [2.75, 3.05) is 13.2 Å². The highest BCUT2D eigenvalue weighted by atomic mass is 16.4. The van der Waals surface area contributed by atoms with E-state index < -0.39 is 22.8 Å². The molecule has 2 aliphatic rings. The summed E-state index contributed by atoms with van der Waals surface area (Å²) >= 11 is 0. The molecule has 0 heterocycles. The van der Waals surface area contributed by atoms with Crippen LogP contribution in [0.15, 0.2) is 24.3 Å². The van der Waals surface area contributed by atoms with Crippen LogP contribution >= 0.6 is 0 Å². The normalized spacial score (nSPS) is 25.8. The molecule has 0 amide bonds. The summed E-state index contributed by atoms with van der Waals surface area (Å²) in [5, 5.41) is 36.6. The molecule has 4 N–H and O–H groups in total. The van der Waals surface area contributed by atoms with Crippen molar-refractivity contribution in [1.29, 1.82) is 0 Å². The Labute approximate surface area is 142 Å². The molecule has 0 aromatic heterocycles. The summed E-state index contributed by atoms with van der Waals surface area (Å²) in [6.45, 7) is -0.672. The molecule has 2 rings (SSSR count). The van der Waals surface area contributed by atoms with Crippen LogP contribution in [0.4, 0.5) is 0 Å². The Hall–Kier alpha value is -1.66. The molecule has 0 unspecified atom stereocenters. The molecule has 0 saturated heterocycles. The Morgan fingerprint density at radius 2 is 1.17 bits per heavy atom. The molecule has 2 saturated carbocycles. The van der Waals surface area contributed by atoms with Crippen molar-refractivity contribution in [2.45, 2.75) is 51.4 Å². The van der Waals surface area contributed by atoms with Gasteiger partial charge in [-0.2, -0.15) is 0 Å². The van der Waals surface area contributed by atoms with E-state index in [-0.39, 0.29) is 13.2 Å². The molecular formula is C18H28O6. The van der Waals surface area contributed by atoms with Crippen molar-refractivity contribution in [3.05, 3.63) is 24.3 Å². The maximum Gasteiger partial charge on any atom is 0.328 e. The molecule has 0 aromatic carbocycles. The van der Waals surface area contributed by atoms with E-state index in [1.807, 2.05) is 0 Å². The maximum absolute atomic E-state index is 10.7. The molecular weight excluding hydrogens is 312 g/mol. The lowest BCUT2D eigenvalue weighted by Gasteiger charge is -2.40. The van der Waals surface area contributed by atoms with Crippen LogP contribution in [0.2, 0.25) is 0 Å². The highest BCUT2D eigenvalue weighted by molar-refractivity contribution is 5.81. The van der Waals surface area contributed by atoms with Crippen molar-refractivity contribution in [3.63, 3.8) is 0 Å². The van der Waals surface area contributed by atoms with E-state index >= 15 is 0 Å². The zero-order valence-electron chi connectivity index (χ0n) is 14.0. The molecule has 136 valence electrons. The second-order valence-corrected chi connectivity index (χ2v) is 6.60. The number of carboxylic acid groups (broad SMARTS) is 2. The van der Waals surface area contributed by atoms with Gasteiger partial charge in [0.05, 0.1) is 13.2 Å². The van der Waals surface area contributed by atoms with E-state index in [1.165, 1.54) is 44.3 Å². The van der Waals surface area contributed by atoms with Gasteiger partial charge in [0.1, 0.15) is 0 Å². The molecule has 0 spiro atoms. The second-order valence-electron chi connectivity index (χ2n) is 6.60. The molecule has 0 radical (unpaired) electrons. The van der Waals surface area contributed by atoms with Crippen molar-refractivity contribution < 1.29 is 30.0 Å². The van der Waals surface area contributed by atoms with Gasteiger partial charge in [0.2, 0.25) is 0 Å². The Balaban J connectivity index is 0.000000488. The molecule has 2 aliphatic carbocycles. The molecule has 2 fully saturated rings. The lowest BCUT2D eigenvalue weighted by atomic mass is 9.66. The fraction of sp³-hybridized carbons (Fsp3) is 0.667. The fourth-order valence-corrected chi connectivity index (χ4v) is 3.62. The molecule has 24 heavy (non-hydrogen) atoms. The van der Waals surface area contributed by atoms with Gasteiger partial charge in [-0.1, -0.05) is 50.7 Å². The molecule has 6 nitrogen and oxygen atoms in total. The van der Waals surface area contributed by atoms with Crippen molar-refractivity contribution in [2.24, 2.45) is 10.8 Å². The van der Waals surface area contributed by atoms with Crippen LogP contribution in [0.3, 0.4) is 0 Å². The number of hydrogen-bond donors (Lipinski definition) is 4. The van der Waals surface area contributed by atoms with Gasteiger partial charge in [0.25, 0.3) is 0 Å². The minimum absolute atomic E-state index is 0.336. The number of rotatable bonds is 6. The number of aliphatic carboxylic acids is 2. The van der Waals surface area contributed by atoms with Crippen molar-refractivity contribution in [1.82, 2.24) is 0 Å². The Morgan fingerprint density at radius 1 is 0.750 bits per heavy atom. The van der Waals surface area contributed by atoms with Crippen molar-refractivity contribution >= 4 is 11.9 Å². The van der Waals surface area contributed by atoms with Crippen LogP contribution in [0.1, 0.15) is 51.4 Å². The summed E-state index contributed by atoms with van der Waals surface area (Å²) in [5.41, 5.74) is -1.88. The monoisotopic (exact) mass is 340 g/mol. The minimum atomic E-state index is -1.15. The van der Waals surface area contributed by atoms with E-state index in [0.29, 0.717) is 19.3 Å². The number of allylic oxidation sites excluding steroid dienone is 2. The lowest BCUT2D eigenvalue weighted by Crippen LogP contribution is -2.41. The summed E-state index contributed by atoms with van der Waals surface area (Å²) in [4.78, 5) is 21.3. The van der Waals surface area contributed by atoms with Gasteiger partial charge in [0.15, 0.2) is 0 Å². The zero-order chi connectivity index (χ0) is 18.1.